The van der Waals surface area contributed by atoms with Crippen molar-refractivity contribution in [2.45, 2.75) is 32.6 Å². The first-order valence-corrected chi connectivity index (χ1v) is 7.02. The summed E-state index contributed by atoms with van der Waals surface area (Å²) in [6, 6.07) is 3.75. The SMILES string of the molecule is CCCCCCNc1cc2c(cc1Cl)OCCO2. The van der Waals surface area contributed by atoms with Crippen molar-refractivity contribution >= 4 is 17.3 Å². The molecule has 1 heterocycles. The second-order valence-electron chi connectivity index (χ2n) is 4.46. The number of halogens is 1. The molecular formula is C14H20ClNO2. The first-order chi connectivity index (χ1) is 8.81. The van der Waals surface area contributed by atoms with E-state index in [1.54, 1.807) is 0 Å². The maximum atomic E-state index is 6.20. The van der Waals surface area contributed by atoms with Crippen molar-refractivity contribution in [3.05, 3.63) is 17.2 Å². The topological polar surface area (TPSA) is 30.5 Å². The van der Waals surface area contributed by atoms with Crippen LogP contribution in [0.3, 0.4) is 0 Å². The zero-order chi connectivity index (χ0) is 12.8. The van der Waals surface area contributed by atoms with E-state index >= 15 is 0 Å². The normalized spacial score (nSPS) is 13.4. The molecule has 3 nitrogen and oxygen atoms in total. The third-order valence-corrected chi connectivity index (χ3v) is 3.29. The molecule has 0 spiro atoms. The highest BCUT2D eigenvalue weighted by molar-refractivity contribution is 6.33. The van der Waals surface area contributed by atoms with Gasteiger partial charge in [-0.05, 0) is 6.42 Å². The van der Waals surface area contributed by atoms with Crippen LogP contribution in [0, 0.1) is 0 Å². The molecule has 0 aliphatic carbocycles. The smallest absolute Gasteiger partial charge is 0.163 e. The fourth-order valence-electron chi connectivity index (χ4n) is 1.97. The van der Waals surface area contributed by atoms with E-state index in [2.05, 4.69) is 12.2 Å². The van der Waals surface area contributed by atoms with Crippen LogP contribution in [-0.4, -0.2) is 19.8 Å². The Labute approximate surface area is 113 Å². The molecular weight excluding hydrogens is 250 g/mol. The van der Waals surface area contributed by atoms with Crippen LogP contribution in [-0.2, 0) is 0 Å². The first kappa shape index (κ1) is 13.3. The zero-order valence-electron chi connectivity index (χ0n) is 10.8. The second-order valence-corrected chi connectivity index (χ2v) is 4.87. The Morgan fingerprint density at radius 2 is 1.83 bits per heavy atom. The summed E-state index contributed by atoms with van der Waals surface area (Å²) >= 11 is 6.20. The average Bonchev–Trinajstić information content (AvgIpc) is 2.39. The number of nitrogens with one attached hydrogen (secondary N) is 1. The van der Waals surface area contributed by atoms with E-state index in [9.17, 15) is 0 Å². The number of hydrogen-bond donors (Lipinski definition) is 1. The molecule has 1 aliphatic rings. The summed E-state index contributed by atoms with van der Waals surface area (Å²) in [7, 11) is 0. The second kappa shape index (κ2) is 6.74. The highest BCUT2D eigenvalue weighted by atomic mass is 35.5. The van der Waals surface area contributed by atoms with Gasteiger partial charge in [-0.25, -0.2) is 0 Å². The Bertz CT molecular complexity index is 396. The van der Waals surface area contributed by atoms with E-state index in [0.29, 0.717) is 18.2 Å². The molecule has 4 heteroatoms. The molecule has 2 rings (SSSR count). The Morgan fingerprint density at radius 3 is 2.56 bits per heavy atom. The number of unbranched alkanes of at least 4 members (excludes halogenated alkanes) is 3. The lowest BCUT2D eigenvalue weighted by Gasteiger charge is -2.20. The molecule has 1 aromatic carbocycles. The predicted octanol–water partition coefficient (Wildman–Crippen LogP) is 4.10. The van der Waals surface area contributed by atoms with Crippen LogP contribution in [0.1, 0.15) is 32.6 Å². The Morgan fingerprint density at radius 1 is 1.11 bits per heavy atom. The van der Waals surface area contributed by atoms with Gasteiger partial charge in [0.15, 0.2) is 11.5 Å². The average molecular weight is 270 g/mol. The van der Waals surface area contributed by atoms with Crippen molar-refractivity contribution in [1.29, 1.82) is 0 Å². The van der Waals surface area contributed by atoms with Gasteiger partial charge in [0.1, 0.15) is 13.2 Å². The van der Waals surface area contributed by atoms with Gasteiger partial charge in [-0.2, -0.15) is 0 Å². The Hall–Kier alpha value is -1.09. The highest BCUT2D eigenvalue weighted by Gasteiger charge is 2.14. The summed E-state index contributed by atoms with van der Waals surface area (Å²) in [5.74, 6) is 1.52. The van der Waals surface area contributed by atoms with Crippen LogP contribution in [0.25, 0.3) is 0 Å². The van der Waals surface area contributed by atoms with Crippen molar-refractivity contribution in [3.63, 3.8) is 0 Å². The molecule has 0 saturated carbocycles. The molecule has 0 unspecified atom stereocenters. The van der Waals surface area contributed by atoms with Crippen LogP contribution in [0.4, 0.5) is 5.69 Å². The summed E-state index contributed by atoms with van der Waals surface area (Å²) < 4.78 is 11.0. The lowest BCUT2D eigenvalue weighted by molar-refractivity contribution is 0.171. The van der Waals surface area contributed by atoms with Crippen molar-refractivity contribution < 1.29 is 9.47 Å². The van der Waals surface area contributed by atoms with Crippen LogP contribution in [0.15, 0.2) is 12.1 Å². The van der Waals surface area contributed by atoms with Gasteiger partial charge in [0.25, 0.3) is 0 Å². The number of benzene rings is 1. The minimum atomic E-state index is 0.590. The summed E-state index contributed by atoms with van der Waals surface area (Å²) in [4.78, 5) is 0. The summed E-state index contributed by atoms with van der Waals surface area (Å²) in [5, 5.41) is 4.04. The van der Waals surface area contributed by atoms with Crippen LogP contribution in [0.5, 0.6) is 11.5 Å². The number of rotatable bonds is 6. The van der Waals surface area contributed by atoms with Gasteiger partial charge in [-0.1, -0.05) is 37.8 Å². The Balaban J connectivity index is 1.91. The summed E-state index contributed by atoms with van der Waals surface area (Å²) in [6.45, 7) is 4.35. The molecule has 0 saturated heterocycles. The summed E-state index contributed by atoms with van der Waals surface area (Å²) in [6.07, 6.45) is 4.96. The molecule has 100 valence electrons. The standard InChI is InChI=1S/C14H20ClNO2/c1-2-3-4-5-6-16-12-10-14-13(9-11(12)15)17-7-8-18-14/h9-10,16H,2-8H2,1H3. The lowest BCUT2D eigenvalue weighted by atomic mass is 10.2. The van der Waals surface area contributed by atoms with Gasteiger partial charge >= 0.3 is 0 Å². The fourth-order valence-corrected chi connectivity index (χ4v) is 2.19. The van der Waals surface area contributed by atoms with Gasteiger partial charge in [0.2, 0.25) is 0 Å². The molecule has 0 atom stereocenters. The maximum absolute atomic E-state index is 6.20. The Kier molecular flexibility index (Phi) is 5.00. The van der Waals surface area contributed by atoms with E-state index in [1.165, 1.54) is 25.7 Å². The van der Waals surface area contributed by atoms with E-state index in [1.807, 2.05) is 12.1 Å². The third-order valence-electron chi connectivity index (χ3n) is 2.98. The van der Waals surface area contributed by atoms with Gasteiger partial charge in [-0.3, -0.25) is 0 Å². The largest absolute Gasteiger partial charge is 0.486 e. The van der Waals surface area contributed by atoms with Gasteiger partial charge in [-0.15, -0.1) is 0 Å². The van der Waals surface area contributed by atoms with Crippen molar-refractivity contribution in [3.8, 4) is 11.5 Å². The summed E-state index contributed by atoms with van der Waals surface area (Å²) in [5.41, 5.74) is 0.928. The van der Waals surface area contributed by atoms with E-state index in [-0.39, 0.29) is 0 Å². The monoisotopic (exact) mass is 269 g/mol. The first-order valence-electron chi connectivity index (χ1n) is 6.64. The molecule has 1 N–H and O–H groups in total. The molecule has 1 aromatic rings. The van der Waals surface area contributed by atoms with Crippen molar-refractivity contribution in [2.24, 2.45) is 0 Å². The van der Waals surface area contributed by atoms with E-state index in [4.69, 9.17) is 21.1 Å². The molecule has 0 radical (unpaired) electrons. The highest BCUT2D eigenvalue weighted by Crippen LogP contribution is 2.37. The maximum Gasteiger partial charge on any atom is 0.163 e. The van der Waals surface area contributed by atoms with Crippen LogP contribution in [0.2, 0.25) is 5.02 Å². The molecule has 1 aliphatic heterocycles. The number of anilines is 1. The fraction of sp³-hybridized carbons (Fsp3) is 0.571. The third kappa shape index (κ3) is 3.45. The minimum absolute atomic E-state index is 0.590. The van der Waals surface area contributed by atoms with E-state index in [0.717, 1.165) is 23.7 Å². The molecule has 0 amide bonds. The number of ether oxygens (including phenoxy) is 2. The van der Waals surface area contributed by atoms with Crippen molar-refractivity contribution in [1.82, 2.24) is 0 Å². The predicted molar refractivity (Wildman–Crippen MR) is 75.1 cm³/mol. The number of hydrogen-bond acceptors (Lipinski definition) is 3. The van der Waals surface area contributed by atoms with Crippen LogP contribution >= 0.6 is 11.6 Å². The molecule has 0 fully saturated rings. The minimum Gasteiger partial charge on any atom is -0.486 e. The quantitative estimate of drug-likeness (QED) is 0.789. The zero-order valence-corrected chi connectivity index (χ0v) is 11.6. The van der Waals surface area contributed by atoms with Crippen LogP contribution < -0.4 is 14.8 Å². The molecule has 0 bridgehead atoms. The van der Waals surface area contributed by atoms with E-state index < -0.39 is 0 Å². The van der Waals surface area contributed by atoms with Crippen molar-refractivity contribution in [2.75, 3.05) is 25.1 Å². The van der Waals surface area contributed by atoms with Gasteiger partial charge in [0.05, 0.1) is 10.7 Å². The molecule has 18 heavy (non-hydrogen) atoms. The number of fused-ring (bicyclic) bond motifs is 1. The molecule has 0 aromatic heterocycles. The lowest BCUT2D eigenvalue weighted by Crippen LogP contribution is -2.15. The van der Waals surface area contributed by atoms with Gasteiger partial charge in [0, 0.05) is 18.7 Å². The van der Waals surface area contributed by atoms with Gasteiger partial charge < -0.3 is 14.8 Å².